The third-order valence-corrected chi connectivity index (χ3v) is 1.98. The van der Waals surface area contributed by atoms with Crippen molar-refractivity contribution in [2.24, 2.45) is 0 Å². The molecule has 0 aromatic heterocycles. The lowest BCUT2D eigenvalue weighted by Crippen LogP contribution is -2.20. The lowest BCUT2D eigenvalue weighted by atomic mass is 10.0. The number of carboxylic acids is 1. The van der Waals surface area contributed by atoms with Crippen LogP contribution in [-0.2, 0) is 10.7 Å². The molecule has 0 spiro atoms. The predicted octanol–water partition coefficient (Wildman–Crippen LogP) is 2.54. The van der Waals surface area contributed by atoms with Crippen LogP contribution in [0.25, 0.3) is 0 Å². The highest BCUT2D eigenvalue weighted by Crippen LogP contribution is 2.39. The van der Waals surface area contributed by atoms with Gasteiger partial charge < -0.3 is 9.84 Å². The number of ether oxygens (including phenoxy) is 1. The molecule has 1 rings (SSSR count). The van der Waals surface area contributed by atoms with Crippen LogP contribution in [0, 0.1) is 11.6 Å². The van der Waals surface area contributed by atoms with Crippen LogP contribution >= 0.6 is 0 Å². The summed E-state index contributed by atoms with van der Waals surface area (Å²) in [5, 5.41) is 8.30. The van der Waals surface area contributed by atoms with E-state index in [-0.39, 0.29) is 0 Å². The van der Waals surface area contributed by atoms with Gasteiger partial charge in [0.15, 0.2) is 11.6 Å². The van der Waals surface area contributed by atoms with E-state index in [0.29, 0.717) is 12.1 Å². The summed E-state index contributed by atoms with van der Waals surface area (Å²) < 4.78 is 57.2. The minimum Gasteiger partial charge on any atom is -0.493 e. The lowest BCUT2D eigenvalue weighted by molar-refractivity contribution is -0.145. The Morgan fingerprint density at radius 1 is 1.41 bits per heavy atom. The molecule has 0 unspecified atom stereocenters. The van der Waals surface area contributed by atoms with E-state index in [1.165, 1.54) is 0 Å². The van der Waals surface area contributed by atoms with Gasteiger partial charge in [0, 0.05) is 6.07 Å². The monoisotopic (exact) mass is 252 g/mol. The van der Waals surface area contributed by atoms with E-state index >= 15 is 0 Å². The summed E-state index contributed by atoms with van der Waals surface area (Å²) in [5.74, 6) is -9.12. The number of methoxy groups -OCH3 is 1. The lowest BCUT2D eigenvalue weighted by Gasteiger charge is -2.18. The number of halogens is 4. The van der Waals surface area contributed by atoms with Crippen molar-refractivity contribution < 1.29 is 32.2 Å². The van der Waals surface area contributed by atoms with Crippen LogP contribution in [0.3, 0.4) is 0 Å². The van der Waals surface area contributed by atoms with E-state index in [0.717, 1.165) is 7.11 Å². The molecule has 0 fully saturated rings. The molecular weight excluding hydrogens is 244 g/mol. The van der Waals surface area contributed by atoms with Gasteiger partial charge in [0.2, 0.25) is 0 Å². The van der Waals surface area contributed by atoms with Gasteiger partial charge in [-0.05, 0) is 6.07 Å². The highest BCUT2D eigenvalue weighted by molar-refractivity contribution is 5.68. The summed E-state index contributed by atoms with van der Waals surface area (Å²) in [6.45, 7) is 0. The van der Waals surface area contributed by atoms with Gasteiger partial charge >= 0.3 is 5.97 Å². The Morgan fingerprint density at radius 3 is 2.47 bits per heavy atom. The van der Waals surface area contributed by atoms with Crippen LogP contribution in [0.1, 0.15) is 12.0 Å². The topological polar surface area (TPSA) is 46.5 Å². The number of hydrogen-bond donors (Lipinski definition) is 1. The third-order valence-electron chi connectivity index (χ3n) is 1.98. The van der Waals surface area contributed by atoms with Crippen molar-refractivity contribution in [3.8, 4) is 5.75 Å². The van der Waals surface area contributed by atoms with Gasteiger partial charge in [0.1, 0.15) is 12.2 Å². The van der Waals surface area contributed by atoms with Crippen molar-refractivity contribution in [1.29, 1.82) is 0 Å². The van der Waals surface area contributed by atoms with Gasteiger partial charge in [0.25, 0.3) is 5.92 Å². The van der Waals surface area contributed by atoms with Crippen LogP contribution < -0.4 is 4.74 Å². The maximum atomic E-state index is 13.4. The first-order chi connectivity index (χ1) is 7.77. The van der Waals surface area contributed by atoms with E-state index in [9.17, 15) is 22.4 Å². The normalized spacial score (nSPS) is 11.4. The van der Waals surface area contributed by atoms with Gasteiger partial charge in [-0.25, -0.2) is 17.6 Å². The Morgan fingerprint density at radius 2 is 2.00 bits per heavy atom. The second-order valence-corrected chi connectivity index (χ2v) is 3.24. The summed E-state index contributed by atoms with van der Waals surface area (Å²) in [4.78, 5) is 10.2. The molecule has 0 saturated heterocycles. The average Bonchev–Trinajstić information content (AvgIpc) is 2.14. The summed E-state index contributed by atoms with van der Waals surface area (Å²) in [5.41, 5.74) is -1.13. The molecule has 94 valence electrons. The van der Waals surface area contributed by atoms with Crippen LogP contribution in [0.4, 0.5) is 17.6 Å². The maximum absolute atomic E-state index is 13.4. The Balaban J connectivity index is 3.33. The highest BCUT2D eigenvalue weighted by atomic mass is 19.3. The molecule has 7 heteroatoms. The zero-order valence-electron chi connectivity index (χ0n) is 8.64. The van der Waals surface area contributed by atoms with E-state index < -0.39 is 41.3 Å². The Bertz CT molecular complexity index is 445. The van der Waals surface area contributed by atoms with Crippen molar-refractivity contribution >= 4 is 5.97 Å². The van der Waals surface area contributed by atoms with Crippen molar-refractivity contribution in [3.63, 3.8) is 0 Å². The average molecular weight is 252 g/mol. The summed E-state index contributed by atoms with van der Waals surface area (Å²) in [6, 6.07) is 0.726. The zero-order chi connectivity index (χ0) is 13.2. The van der Waals surface area contributed by atoms with Crippen molar-refractivity contribution in [1.82, 2.24) is 0 Å². The minimum atomic E-state index is -3.92. The fourth-order valence-corrected chi connectivity index (χ4v) is 1.32. The third kappa shape index (κ3) is 2.86. The number of aliphatic carboxylic acids is 1. The molecule has 0 atom stereocenters. The standard InChI is InChI=1S/C10H8F4O3/c1-17-9-6(2-5(11)3-7(9)12)10(13,14)4-8(15)16/h2-3H,4H2,1H3,(H,15,16). The molecule has 0 aliphatic rings. The van der Waals surface area contributed by atoms with Crippen molar-refractivity contribution in [3.05, 3.63) is 29.3 Å². The molecule has 0 saturated carbocycles. The first-order valence-electron chi connectivity index (χ1n) is 4.41. The molecule has 0 radical (unpaired) electrons. The highest BCUT2D eigenvalue weighted by Gasteiger charge is 2.39. The smallest absolute Gasteiger partial charge is 0.309 e. The quantitative estimate of drug-likeness (QED) is 0.837. The Hall–Kier alpha value is -1.79. The second kappa shape index (κ2) is 4.60. The molecule has 1 N–H and O–H groups in total. The SMILES string of the molecule is COc1c(F)cc(F)cc1C(F)(F)CC(=O)O. The summed E-state index contributed by atoms with van der Waals surface area (Å²) >= 11 is 0. The molecule has 0 bridgehead atoms. The van der Waals surface area contributed by atoms with Gasteiger partial charge in [-0.3, -0.25) is 4.79 Å². The molecule has 0 aliphatic carbocycles. The molecule has 3 nitrogen and oxygen atoms in total. The fourth-order valence-electron chi connectivity index (χ4n) is 1.32. The van der Waals surface area contributed by atoms with Crippen molar-refractivity contribution in [2.75, 3.05) is 7.11 Å². The van der Waals surface area contributed by atoms with Gasteiger partial charge in [0.05, 0.1) is 12.7 Å². The van der Waals surface area contributed by atoms with E-state index in [1.54, 1.807) is 0 Å². The molecule has 17 heavy (non-hydrogen) atoms. The number of benzene rings is 1. The van der Waals surface area contributed by atoms with Gasteiger partial charge in [-0.2, -0.15) is 0 Å². The van der Waals surface area contributed by atoms with Crippen LogP contribution in [0.2, 0.25) is 0 Å². The number of carbonyl (C=O) groups is 1. The Labute approximate surface area is 93.6 Å². The molecule has 1 aromatic rings. The zero-order valence-corrected chi connectivity index (χ0v) is 8.64. The van der Waals surface area contributed by atoms with Crippen LogP contribution in [-0.4, -0.2) is 18.2 Å². The number of hydrogen-bond acceptors (Lipinski definition) is 2. The van der Waals surface area contributed by atoms with Gasteiger partial charge in [-0.15, -0.1) is 0 Å². The molecule has 1 aromatic carbocycles. The molecule has 0 amide bonds. The summed E-state index contributed by atoms with van der Waals surface area (Å²) in [6.07, 6.45) is -1.58. The Kier molecular flexibility index (Phi) is 3.59. The van der Waals surface area contributed by atoms with Crippen molar-refractivity contribution in [2.45, 2.75) is 12.3 Å². The first kappa shape index (κ1) is 13.3. The van der Waals surface area contributed by atoms with Crippen LogP contribution in [0.5, 0.6) is 5.75 Å². The second-order valence-electron chi connectivity index (χ2n) is 3.24. The molecule has 0 heterocycles. The number of rotatable bonds is 4. The summed E-state index contributed by atoms with van der Waals surface area (Å²) in [7, 11) is 0.927. The van der Waals surface area contributed by atoms with E-state index in [4.69, 9.17) is 5.11 Å². The largest absolute Gasteiger partial charge is 0.493 e. The van der Waals surface area contributed by atoms with Crippen LogP contribution in [0.15, 0.2) is 12.1 Å². The predicted molar refractivity (Wildman–Crippen MR) is 49.1 cm³/mol. The number of alkyl halides is 2. The van der Waals surface area contributed by atoms with Gasteiger partial charge in [-0.1, -0.05) is 0 Å². The van der Waals surface area contributed by atoms with E-state index in [1.807, 2.05) is 0 Å². The molecular formula is C10H8F4O3. The number of carboxylic acid groups (broad SMARTS) is 1. The minimum absolute atomic E-state index is 0.352. The van der Waals surface area contributed by atoms with E-state index in [2.05, 4.69) is 4.74 Å². The molecule has 0 aliphatic heterocycles. The first-order valence-corrected chi connectivity index (χ1v) is 4.41. The maximum Gasteiger partial charge on any atom is 0.309 e. The fraction of sp³-hybridized carbons (Fsp3) is 0.300.